The molecule has 0 aromatic carbocycles. The molecule has 0 amide bonds. The number of nitrogens with zero attached hydrogens (tertiary/aromatic N) is 3. The van der Waals surface area contributed by atoms with Crippen LogP contribution in [0.25, 0.3) is 5.52 Å². The number of rotatable bonds is 3. The summed E-state index contributed by atoms with van der Waals surface area (Å²) in [6.45, 7) is 5.78. The van der Waals surface area contributed by atoms with E-state index in [1.165, 1.54) is 0 Å². The van der Waals surface area contributed by atoms with E-state index in [1.807, 2.05) is 19.1 Å². The highest BCUT2D eigenvalue weighted by molar-refractivity contribution is 5.86. The second kappa shape index (κ2) is 5.22. The van der Waals surface area contributed by atoms with Gasteiger partial charge >= 0.3 is 5.97 Å². The summed E-state index contributed by atoms with van der Waals surface area (Å²) < 4.78 is 6.99. The van der Waals surface area contributed by atoms with Gasteiger partial charge in [0.1, 0.15) is 0 Å². The van der Waals surface area contributed by atoms with Crippen LogP contribution in [0.2, 0.25) is 0 Å². The first-order valence-corrected chi connectivity index (χ1v) is 6.67. The molecule has 1 N–H and O–H groups in total. The van der Waals surface area contributed by atoms with Crippen molar-refractivity contribution in [1.29, 1.82) is 0 Å². The quantitative estimate of drug-likeness (QED) is 0.911. The van der Waals surface area contributed by atoms with E-state index in [2.05, 4.69) is 9.88 Å². The van der Waals surface area contributed by atoms with Gasteiger partial charge in [-0.3, -0.25) is 9.30 Å². The highest BCUT2D eigenvalue weighted by Gasteiger charge is 2.20. The van der Waals surface area contributed by atoms with E-state index in [0.29, 0.717) is 6.54 Å². The Hall–Kier alpha value is -1.92. The molecule has 106 valence electrons. The summed E-state index contributed by atoms with van der Waals surface area (Å²) in [4.78, 5) is 17.9. The number of imidazole rings is 1. The van der Waals surface area contributed by atoms with Crippen molar-refractivity contribution >= 4 is 11.5 Å². The molecule has 3 rings (SSSR count). The third kappa shape index (κ3) is 2.28. The van der Waals surface area contributed by atoms with Crippen molar-refractivity contribution in [3.8, 4) is 0 Å². The van der Waals surface area contributed by atoms with Crippen LogP contribution in [-0.4, -0.2) is 51.7 Å². The van der Waals surface area contributed by atoms with Gasteiger partial charge in [0.25, 0.3) is 0 Å². The summed E-state index contributed by atoms with van der Waals surface area (Å²) in [5, 5.41) is 9.28. The number of hydrogen-bond donors (Lipinski definition) is 1. The highest BCUT2D eigenvalue weighted by atomic mass is 16.5. The van der Waals surface area contributed by atoms with Crippen molar-refractivity contribution < 1.29 is 14.6 Å². The molecule has 0 aliphatic carbocycles. The smallest absolute Gasteiger partial charge is 0.372 e. The number of ether oxygens (including phenoxy) is 1. The minimum absolute atomic E-state index is 0.0759. The third-order valence-corrected chi connectivity index (χ3v) is 3.61. The molecule has 2 aromatic heterocycles. The van der Waals surface area contributed by atoms with Crippen molar-refractivity contribution in [3.05, 3.63) is 35.4 Å². The predicted molar refractivity (Wildman–Crippen MR) is 73.0 cm³/mol. The maximum atomic E-state index is 11.3. The van der Waals surface area contributed by atoms with Gasteiger partial charge in [-0.25, -0.2) is 9.78 Å². The van der Waals surface area contributed by atoms with Crippen LogP contribution >= 0.6 is 0 Å². The molecule has 0 saturated carbocycles. The van der Waals surface area contributed by atoms with Crippen molar-refractivity contribution in [1.82, 2.24) is 14.3 Å². The van der Waals surface area contributed by atoms with Crippen molar-refractivity contribution in [2.24, 2.45) is 0 Å². The number of carboxylic acid groups (broad SMARTS) is 1. The van der Waals surface area contributed by atoms with Crippen molar-refractivity contribution in [2.45, 2.75) is 13.5 Å². The molecule has 6 nitrogen and oxygen atoms in total. The Morgan fingerprint density at radius 1 is 1.45 bits per heavy atom. The Labute approximate surface area is 116 Å². The third-order valence-electron chi connectivity index (χ3n) is 3.61. The molecule has 0 atom stereocenters. The summed E-state index contributed by atoms with van der Waals surface area (Å²) in [5.74, 6) is -0.925. The molecule has 1 aliphatic rings. The monoisotopic (exact) mass is 275 g/mol. The Balaban J connectivity index is 2.03. The molecule has 0 unspecified atom stereocenters. The summed E-state index contributed by atoms with van der Waals surface area (Å²) >= 11 is 0. The zero-order valence-electron chi connectivity index (χ0n) is 11.4. The fourth-order valence-electron chi connectivity index (χ4n) is 2.63. The van der Waals surface area contributed by atoms with Gasteiger partial charge in [-0.1, -0.05) is 6.07 Å². The topological polar surface area (TPSA) is 67.1 Å². The van der Waals surface area contributed by atoms with E-state index in [4.69, 9.17) is 4.74 Å². The van der Waals surface area contributed by atoms with Gasteiger partial charge < -0.3 is 9.84 Å². The van der Waals surface area contributed by atoms with Gasteiger partial charge in [-0.2, -0.15) is 0 Å². The first-order valence-electron chi connectivity index (χ1n) is 6.67. The Morgan fingerprint density at radius 3 is 2.90 bits per heavy atom. The summed E-state index contributed by atoms with van der Waals surface area (Å²) in [5.41, 5.74) is 2.76. The standard InChI is InChI=1S/C14H17N3O3/c1-10-3-2-4-17-12(10)11(15-13(17)14(18)19)9-16-5-7-20-8-6-16/h2-4H,5-9H2,1H3,(H,18,19). The second-order valence-corrected chi connectivity index (χ2v) is 4.99. The van der Waals surface area contributed by atoms with E-state index in [1.54, 1.807) is 10.6 Å². The van der Waals surface area contributed by atoms with E-state index >= 15 is 0 Å². The lowest BCUT2D eigenvalue weighted by Gasteiger charge is -2.25. The molecule has 20 heavy (non-hydrogen) atoms. The lowest BCUT2D eigenvalue weighted by molar-refractivity contribution is 0.0338. The minimum Gasteiger partial charge on any atom is -0.475 e. The minimum atomic E-state index is -1.00. The average molecular weight is 275 g/mol. The number of pyridine rings is 1. The van der Waals surface area contributed by atoms with Crippen LogP contribution in [0, 0.1) is 6.92 Å². The molecule has 2 aromatic rings. The van der Waals surface area contributed by atoms with Gasteiger partial charge in [0.2, 0.25) is 5.82 Å². The molecule has 0 radical (unpaired) electrons. The maximum absolute atomic E-state index is 11.3. The summed E-state index contributed by atoms with van der Waals surface area (Å²) in [6.07, 6.45) is 1.75. The summed E-state index contributed by atoms with van der Waals surface area (Å²) in [6, 6.07) is 3.82. The zero-order chi connectivity index (χ0) is 14.1. The lowest BCUT2D eigenvalue weighted by Crippen LogP contribution is -2.35. The number of carboxylic acids is 1. The van der Waals surface area contributed by atoms with Gasteiger partial charge in [-0.15, -0.1) is 0 Å². The Kier molecular flexibility index (Phi) is 3.42. The lowest BCUT2D eigenvalue weighted by atomic mass is 10.2. The normalized spacial score (nSPS) is 16.6. The number of hydrogen-bond acceptors (Lipinski definition) is 4. The highest BCUT2D eigenvalue weighted by Crippen LogP contribution is 2.19. The molecule has 1 saturated heterocycles. The van der Waals surface area contributed by atoms with Crippen LogP contribution in [0.15, 0.2) is 18.3 Å². The molecule has 1 aliphatic heterocycles. The molecular formula is C14H17N3O3. The van der Waals surface area contributed by atoms with Gasteiger partial charge in [0, 0.05) is 25.8 Å². The van der Waals surface area contributed by atoms with Crippen LogP contribution in [-0.2, 0) is 11.3 Å². The number of aromatic carboxylic acids is 1. The fourth-order valence-corrected chi connectivity index (χ4v) is 2.63. The van der Waals surface area contributed by atoms with Crippen LogP contribution in [0.3, 0.4) is 0 Å². The zero-order valence-corrected chi connectivity index (χ0v) is 11.4. The first kappa shape index (κ1) is 13.1. The molecule has 3 heterocycles. The van der Waals surface area contributed by atoms with Crippen LogP contribution in [0.1, 0.15) is 21.9 Å². The Morgan fingerprint density at radius 2 is 2.20 bits per heavy atom. The number of morpholine rings is 1. The van der Waals surface area contributed by atoms with E-state index < -0.39 is 5.97 Å². The molecule has 0 spiro atoms. The number of aromatic nitrogens is 2. The fraction of sp³-hybridized carbons (Fsp3) is 0.429. The maximum Gasteiger partial charge on any atom is 0.372 e. The van der Waals surface area contributed by atoms with E-state index in [-0.39, 0.29) is 5.82 Å². The molecule has 1 fully saturated rings. The van der Waals surface area contributed by atoms with Gasteiger partial charge in [0.05, 0.1) is 24.4 Å². The number of fused-ring (bicyclic) bond motifs is 1. The second-order valence-electron chi connectivity index (χ2n) is 4.99. The van der Waals surface area contributed by atoms with Crippen molar-refractivity contribution in [2.75, 3.05) is 26.3 Å². The van der Waals surface area contributed by atoms with Crippen LogP contribution in [0.4, 0.5) is 0 Å². The van der Waals surface area contributed by atoms with E-state index in [9.17, 15) is 9.90 Å². The largest absolute Gasteiger partial charge is 0.475 e. The first-order chi connectivity index (χ1) is 9.66. The van der Waals surface area contributed by atoms with Crippen molar-refractivity contribution in [3.63, 3.8) is 0 Å². The summed E-state index contributed by atoms with van der Waals surface area (Å²) in [7, 11) is 0. The van der Waals surface area contributed by atoms with Gasteiger partial charge in [-0.05, 0) is 18.6 Å². The predicted octanol–water partition coefficient (Wildman–Crippen LogP) is 1.17. The Bertz CT molecular complexity index is 644. The molecule has 6 heteroatoms. The molecule has 0 bridgehead atoms. The SMILES string of the molecule is Cc1cccn2c(C(=O)O)nc(CN3CCOCC3)c12. The van der Waals surface area contributed by atoms with E-state index in [0.717, 1.165) is 43.1 Å². The average Bonchev–Trinajstić information content (AvgIpc) is 2.80. The van der Waals surface area contributed by atoms with Crippen LogP contribution in [0.5, 0.6) is 0 Å². The molecular weight excluding hydrogens is 258 g/mol. The number of aryl methyl sites for hydroxylation is 1. The van der Waals surface area contributed by atoms with Gasteiger partial charge in [0.15, 0.2) is 0 Å². The van der Waals surface area contributed by atoms with Crippen LogP contribution < -0.4 is 0 Å². The number of carbonyl (C=O) groups is 1.